The highest BCUT2D eigenvalue weighted by atomic mass is 16.6. The topological polar surface area (TPSA) is 78.9 Å². The highest BCUT2D eigenvalue weighted by Crippen LogP contribution is 2.16. The maximum Gasteiger partial charge on any atom is 0.306 e. The molecule has 0 aliphatic rings. The van der Waals surface area contributed by atoms with Gasteiger partial charge in [-0.15, -0.1) is 0 Å². The molecular weight excluding hydrogens is 877 g/mol. The van der Waals surface area contributed by atoms with Gasteiger partial charge >= 0.3 is 17.9 Å². The molecule has 0 fully saturated rings. The van der Waals surface area contributed by atoms with E-state index in [4.69, 9.17) is 14.2 Å². The summed E-state index contributed by atoms with van der Waals surface area (Å²) >= 11 is 0. The monoisotopic (exact) mass is 993 g/mol. The lowest BCUT2D eigenvalue weighted by molar-refractivity contribution is -0.167. The molecule has 0 N–H and O–H groups in total. The quantitative estimate of drug-likeness (QED) is 0.0261. The third-order valence-corrected chi connectivity index (χ3v) is 13.5. The first-order valence-corrected chi connectivity index (χ1v) is 30.8. The van der Waals surface area contributed by atoms with Gasteiger partial charge in [-0.1, -0.05) is 255 Å². The van der Waals surface area contributed by atoms with Gasteiger partial charge in [0.05, 0.1) is 0 Å². The van der Waals surface area contributed by atoms with Crippen molar-refractivity contribution in [2.45, 2.75) is 322 Å². The number of unbranched alkanes of at least 4 members (excludes halogenated alkanes) is 35. The van der Waals surface area contributed by atoms with Crippen molar-refractivity contribution in [3.05, 3.63) is 60.8 Å². The fourth-order valence-corrected chi connectivity index (χ4v) is 8.78. The van der Waals surface area contributed by atoms with Crippen LogP contribution in [0, 0.1) is 0 Å². The van der Waals surface area contributed by atoms with Crippen LogP contribution >= 0.6 is 0 Å². The molecule has 0 saturated heterocycles. The fraction of sp³-hybridized carbons (Fsp3) is 0.800. The molecule has 0 aromatic rings. The summed E-state index contributed by atoms with van der Waals surface area (Å²) in [6, 6.07) is 0. The van der Waals surface area contributed by atoms with Gasteiger partial charge in [-0.3, -0.25) is 14.4 Å². The molecule has 0 aromatic carbocycles. The number of ether oxygens (including phenoxy) is 3. The van der Waals surface area contributed by atoms with Crippen LogP contribution in [0.25, 0.3) is 0 Å². The number of carbonyl (C=O) groups is 3. The van der Waals surface area contributed by atoms with Gasteiger partial charge < -0.3 is 14.2 Å². The molecule has 0 aliphatic heterocycles. The predicted molar refractivity (Wildman–Crippen MR) is 307 cm³/mol. The summed E-state index contributed by atoms with van der Waals surface area (Å²) in [5, 5.41) is 0. The first-order chi connectivity index (χ1) is 35.0. The summed E-state index contributed by atoms with van der Waals surface area (Å²) < 4.78 is 16.9. The first-order valence-electron chi connectivity index (χ1n) is 30.8. The van der Waals surface area contributed by atoms with E-state index >= 15 is 0 Å². The Morgan fingerprint density at radius 2 is 0.521 bits per heavy atom. The standard InChI is InChI=1S/C65H116O6/c1-4-7-10-13-16-19-22-25-27-28-29-30-31-32-33-34-35-36-37-38-39-41-43-46-49-52-55-58-64(67)70-61-62(60-69-63(66)57-54-51-48-45-42-24-21-18-15-12-9-6-3)71-65(68)59-56-53-50-47-44-40-26-23-20-17-14-11-8-5-2/h14,17-18,21-23,25-26,28-29,62H,4-13,15-16,19-20,24,27,30-61H2,1-3H3/b17-14-,21-18-,25-22-,26-23-,29-28-. The van der Waals surface area contributed by atoms with Crippen molar-refractivity contribution in [1.29, 1.82) is 0 Å². The molecule has 0 bridgehead atoms. The molecule has 0 aromatic heterocycles. The predicted octanol–water partition coefficient (Wildman–Crippen LogP) is 20.8. The molecule has 1 atom stereocenters. The Morgan fingerprint density at radius 1 is 0.282 bits per heavy atom. The van der Waals surface area contributed by atoms with Crippen molar-refractivity contribution in [3.63, 3.8) is 0 Å². The second-order valence-electron chi connectivity index (χ2n) is 20.6. The van der Waals surface area contributed by atoms with Crippen LogP contribution < -0.4 is 0 Å². The minimum Gasteiger partial charge on any atom is -0.462 e. The first kappa shape index (κ1) is 68.1. The van der Waals surface area contributed by atoms with Crippen molar-refractivity contribution in [1.82, 2.24) is 0 Å². The van der Waals surface area contributed by atoms with E-state index in [0.29, 0.717) is 19.3 Å². The second-order valence-corrected chi connectivity index (χ2v) is 20.6. The van der Waals surface area contributed by atoms with Crippen molar-refractivity contribution in [3.8, 4) is 0 Å². The Bertz CT molecular complexity index is 1280. The maximum atomic E-state index is 12.8. The summed E-state index contributed by atoms with van der Waals surface area (Å²) in [5.41, 5.74) is 0. The van der Waals surface area contributed by atoms with Gasteiger partial charge in [-0.25, -0.2) is 0 Å². The van der Waals surface area contributed by atoms with Crippen molar-refractivity contribution < 1.29 is 28.6 Å². The van der Waals surface area contributed by atoms with Gasteiger partial charge in [-0.05, 0) is 103 Å². The molecule has 0 rings (SSSR count). The van der Waals surface area contributed by atoms with E-state index in [2.05, 4.69) is 81.5 Å². The molecule has 0 radical (unpaired) electrons. The number of allylic oxidation sites excluding steroid dienone is 10. The van der Waals surface area contributed by atoms with Gasteiger partial charge in [-0.2, -0.15) is 0 Å². The van der Waals surface area contributed by atoms with Gasteiger partial charge in [0.15, 0.2) is 6.10 Å². The average Bonchev–Trinajstić information content (AvgIpc) is 3.37. The van der Waals surface area contributed by atoms with Crippen LogP contribution in [-0.2, 0) is 28.6 Å². The van der Waals surface area contributed by atoms with Gasteiger partial charge in [0.25, 0.3) is 0 Å². The van der Waals surface area contributed by atoms with Crippen LogP contribution in [0.4, 0.5) is 0 Å². The molecule has 0 saturated carbocycles. The molecule has 0 aliphatic carbocycles. The normalized spacial score (nSPS) is 12.4. The third-order valence-electron chi connectivity index (χ3n) is 13.5. The maximum absolute atomic E-state index is 12.8. The molecular formula is C65H116O6. The van der Waals surface area contributed by atoms with Crippen LogP contribution in [0.15, 0.2) is 60.8 Å². The summed E-state index contributed by atoms with van der Waals surface area (Å²) in [6.07, 6.45) is 75.2. The number of hydrogen-bond donors (Lipinski definition) is 0. The second kappa shape index (κ2) is 59.7. The van der Waals surface area contributed by atoms with E-state index in [1.54, 1.807) is 0 Å². The lowest BCUT2D eigenvalue weighted by atomic mass is 10.0. The number of hydrogen-bond acceptors (Lipinski definition) is 6. The highest BCUT2D eigenvalue weighted by molar-refractivity contribution is 5.71. The molecule has 0 spiro atoms. The molecule has 0 heterocycles. The van der Waals surface area contributed by atoms with Gasteiger partial charge in [0.2, 0.25) is 0 Å². The number of carbonyl (C=O) groups excluding carboxylic acids is 3. The smallest absolute Gasteiger partial charge is 0.306 e. The Kier molecular flexibility index (Phi) is 57.2. The average molecular weight is 994 g/mol. The van der Waals surface area contributed by atoms with Crippen LogP contribution in [0.3, 0.4) is 0 Å². The minimum atomic E-state index is -0.784. The van der Waals surface area contributed by atoms with Crippen LogP contribution in [0.5, 0.6) is 0 Å². The molecule has 0 amide bonds. The Balaban J connectivity index is 4.21. The van der Waals surface area contributed by atoms with Crippen LogP contribution in [0.1, 0.15) is 316 Å². The zero-order valence-electron chi connectivity index (χ0n) is 47.2. The van der Waals surface area contributed by atoms with E-state index < -0.39 is 6.10 Å². The molecule has 71 heavy (non-hydrogen) atoms. The van der Waals surface area contributed by atoms with E-state index in [9.17, 15) is 14.4 Å². The molecule has 412 valence electrons. The summed E-state index contributed by atoms with van der Waals surface area (Å²) in [4.78, 5) is 38.1. The highest BCUT2D eigenvalue weighted by Gasteiger charge is 2.19. The Labute approximate surface area is 440 Å². The molecule has 1 unspecified atom stereocenters. The van der Waals surface area contributed by atoms with Crippen LogP contribution in [-0.4, -0.2) is 37.2 Å². The van der Waals surface area contributed by atoms with Crippen LogP contribution in [0.2, 0.25) is 0 Å². The van der Waals surface area contributed by atoms with Gasteiger partial charge in [0.1, 0.15) is 13.2 Å². The lowest BCUT2D eigenvalue weighted by Gasteiger charge is -2.18. The van der Waals surface area contributed by atoms with Gasteiger partial charge in [0, 0.05) is 19.3 Å². The summed E-state index contributed by atoms with van der Waals surface area (Å²) in [7, 11) is 0. The Morgan fingerprint density at radius 3 is 0.859 bits per heavy atom. The number of rotatable bonds is 56. The van der Waals surface area contributed by atoms with E-state index in [1.807, 2.05) is 0 Å². The number of esters is 3. The van der Waals surface area contributed by atoms with E-state index in [-0.39, 0.29) is 31.1 Å². The van der Waals surface area contributed by atoms with Crippen molar-refractivity contribution in [2.75, 3.05) is 13.2 Å². The van der Waals surface area contributed by atoms with E-state index in [1.165, 1.54) is 180 Å². The third kappa shape index (κ3) is 57.9. The zero-order valence-corrected chi connectivity index (χ0v) is 47.2. The minimum absolute atomic E-state index is 0.0808. The lowest BCUT2D eigenvalue weighted by Crippen LogP contribution is -2.30. The molecule has 6 nitrogen and oxygen atoms in total. The molecule has 6 heteroatoms. The SMILES string of the molecule is CCCC/C=C\C/C=C\CCCCCCCC(=O)OC(COC(=O)CCCCCCC/C=C\CCCCC)COC(=O)CCCCCCCCCCCCCCCCC/C=C\C/C=C\CCCCCCC. The fourth-order valence-electron chi connectivity index (χ4n) is 8.78. The summed E-state index contributed by atoms with van der Waals surface area (Å²) in [6.45, 7) is 6.57. The zero-order chi connectivity index (χ0) is 51.4. The largest absolute Gasteiger partial charge is 0.462 e. The van der Waals surface area contributed by atoms with Crippen molar-refractivity contribution in [2.24, 2.45) is 0 Å². The van der Waals surface area contributed by atoms with E-state index in [0.717, 1.165) is 96.3 Å². The Hall–Kier alpha value is -2.89. The summed E-state index contributed by atoms with van der Waals surface area (Å²) in [5.74, 6) is -0.893. The van der Waals surface area contributed by atoms with Crippen molar-refractivity contribution >= 4 is 17.9 Å².